The Morgan fingerprint density at radius 1 is 1.20 bits per heavy atom. The molecule has 11 nitrogen and oxygen atoms in total. The zero-order valence-corrected chi connectivity index (χ0v) is 22.6. The van der Waals surface area contributed by atoms with Crippen molar-refractivity contribution in [2.24, 2.45) is 5.92 Å². The van der Waals surface area contributed by atoms with Crippen LogP contribution in [0.1, 0.15) is 31.0 Å². The van der Waals surface area contributed by atoms with Crippen LogP contribution in [0.3, 0.4) is 0 Å². The minimum atomic E-state index is -0.621. The van der Waals surface area contributed by atoms with Gasteiger partial charge in [-0.25, -0.2) is 9.18 Å². The highest BCUT2D eigenvalue weighted by atomic mass is 35.5. The van der Waals surface area contributed by atoms with Crippen molar-refractivity contribution < 1.29 is 18.7 Å². The number of tetrazole rings is 1. The van der Waals surface area contributed by atoms with Crippen LogP contribution in [-0.4, -0.2) is 43.2 Å². The Hall–Kier alpha value is -4.84. The maximum absolute atomic E-state index is 14.5. The molecule has 0 radical (unpaired) electrons. The third-order valence-corrected chi connectivity index (χ3v) is 7.35. The molecule has 1 fully saturated rings. The minimum Gasteiger partial charge on any atom is -0.618 e. The number of methoxy groups -OCH3 is 1. The monoisotopic (exact) mass is 574 g/mol. The number of carbonyl (C=O) groups excluding carboxylic acids is 1. The Balaban J connectivity index is 1.32. The highest BCUT2D eigenvalue weighted by Gasteiger charge is 2.32. The van der Waals surface area contributed by atoms with E-state index < -0.39 is 11.9 Å². The van der Waals surface area contributed by atoms with E-state index >= 15 is 0 Å². The van der Waals surface area contributed by atoms with E-state index in [-0.39, 0.29) is 11.1 Å². The van der Waals surface area contributed by atoms with E-state index in [1.54, 1.807) is 30.5 Å². The molecule has 3 heterocycles. The lowest BCUT2D eigenvalue weighted by Crippen LogP contribution is -2.35. The molecule has 0 bridgehead atoms. The summed E-state index contributed by atoms with van der Waals surface area (Å²) in [4.78, 5) is 11.5. The Labute approximate surface area is 238 Å². The molecule has 1 saturated carbocycles. The van der Waals surface area contributed by atoms with Gasteiger partial charge < -0.3 is 9.94 Å². The summed E-state index contributed by atoms with van der Waals surface area (Å²) in [5.41, 5.74) is 4.24. The van der Waals surface area contributed by atoms with Gasteiger partial charge in [0.25, 0.3) is 0 Å². The molecule has 3 aromatic heterocycles. The Kier molecular flexibility index (Phi) is 7.06. The van der Waals surface area contributed by atoms with Gasteiger partial charge in [-0.15, -0.1) is 5.10 Å². The average molecular weight is 575 g/mol. The van der Waals surface area contributed by atoms with Gasteiger partial charge in [0.05, 0.1) is 24.0 Å². The predicted molar refractivity (Wildman–Crippen MR) is 148 cm³/mol. The van der Waals surface area contributed by atoms with Crippen LogP contribution >= 0.6 is 11.6 Å². The molecular formula is C28H24ClFN8O3. The number of pyridine rings is 1. The summed E-state index contributed by atoms with van der Waals surface area (Å²) in [6.07, 6.45) is 8.88. The summed E-state index contributed by atoms with van der Waals surface area (Å²) in [6, 6.07) is 13.2. The third-order valence-electron chi connectivity index (χ3n) is 7.06. The summed E-state index contributed by atoms with van der Waals surface area (Å²) in [5.74, 6) is -0.113. The number of hydrogen-bond acceptors (Lipinski definition) is 7. The fourth-order valence-electron chi connectivity index (χ4n) is 4.74. The molecule has 1 aliphatic carbocycles. The number of anilines is 1. The lowest BCUT2D eigenvalue weighted by atomic mass is 10.0. The van der Waals surface area contributed by atoms with E-state index in [0.717, 1.165) is 35.1 Å². The van der Waals surface area contributed by atoms with Crippen LogP contribution in [0, 0.1) is 16.9 Å². The van der Waals surface area contributed by atoms with E-state index in [1.165, 1.54) is 36.4 Å². The molecular weight excluding hydrogens is 551 g/mol. The maximum atomic E-state index is 14.5. The first-order chi connectivity index (χ1) is 19.9. The van der Waals surface area contributed by atoms with Crippen molar-refractivity contribution in [3.05, 3.63) is 95.2 Å². The second kappa shape index (κ2) is 11.0. The zero-order chi connectivity index (χ0) is 28.5. The van der Waals surface area contributed by atoms with Gasteiger partial charge in [0.1, 0.15) is 18.2 Å². The van der Waals surface area contributed by atoms with Crippen molar-refractivity contribution in [1.29, 1.82) is 0 Å². The number of benzene rings is 2. The number of nitrogens with one attached hydrogen (secondary N) is 1. The topological polar surface area (TPSA) is 127 Å². The molecule has 41 heavy (non-hydrogen) atoms. The van der Waals surface area contributed by atoms with Gasteiger partial charge in [-0.05, 0) is 58.7 Å². The molecule has 13 heteroatoms. The van der Waals surface area contributed by atoms with E-state index in [0.29, 0.717) is 34.1 Å². The highest BCUT2D eigenvalue weighted by Crippen LogP contribution is 2.39. The van der Waals surface area contributed by atoms with E-state index in [2.05, 4.69) is 30.7 Å². The summed E-state index contributed by atoms with van der Waals surface area (Å²) < 4.78 is 23.1. The van der Waals surface area contributed by atoms with Gasteiger partial charge in [0, 0.05) is 34.6 Å². The number of ether oxygens (including phenoxy) is 1. The fraction of sp³-hybridized carbons (Fsp3) is 0.214. The molecule has 5 aromatic rings. The molecule has 2 aromatic carbocycles. The summed E-state index contributed by atoms with van der Waals surface area (Å²) in [7, 11) is 1.31. The van der Waals surface area contributed by atoms with Crippen molar-refractivity contribution >= 4 is 23.4 Å². The highest BCUT2D eigenvalue weighted by molar-refractivity contribution is 6.31. The number of nitrogens with zero attached hydrogens (tertiary/aromatic N) is 7. The van der Waals surface area contributed by atoms with Crippen LogP contribution in [0.5, 0.6) is 0 Å². The van der Waals surface area contributed by atoms with Gasteiger partial charge in [0.15, 0.2) is 6.20 Å². The van der Waals surface area contributed by atoms with E-state index in [9.17, 15) is 14.4 Å². The van der Waals surface area contributed by atoms with Crippen molar-refractivity contribution in [1.82, 2.24) is 30.0 Å². The van der Waals surface area contributed by atoms with Gasteiger partial charge in [-0.1, -0.05) is 36.6 Å². The first kappa shape index (κ1) is 26.4. The molecule has 0 spiro atoms. The third kappa shape index (κ3) is 5.59. The number of rotatable bonds is 8. The Bertz CT molecular complexity index is 1700. The molecule has 0 saturated heterocycles. The van der Waals surface area contributed by atoms with Gasteiger partial charge in [-0.3, -0.25) is 10.00 Å². The number of aromatic nitrogens is 7. The molecule has 6 rings (SSSR count). The largest absolute Gasteiger partial charge is 0.618 e. The van der Waals surface area contributed by atoms with Crippen molar-refractivity contribution in [2.75, 3.05) is 12.4 Å². The van der Waals surface area contributed by atoms with Crippen LogP contribution in [0.2, 0.25) is 5.02 Å². The van der Waals surface area contributed by atoms with Crippen LogP contribution in [0.15, 0.2) is 73.4 Å². The lowest BCUT2D eigenvalue weighted by molar-refractivity contribution is -0.615. The number of carbonyl (C=O) groups is 1. The zero-order valence-electron chi connectivity index (χ0n) is 21.8. The first-order valence-corrected chi connectivity index (χ1v) is 13.2. The van der Waals surface area contributed by atoms with Crippen molar-refractivity contribution in [3.8, 4) is 27.9 Å². The fourth-order valence-corrected chi connectivity index (χ4v) is 4.90. The number of hydrogen-bond donors (Lipinski definition) is 1. The lowest BCUT2D eigenvalue weighted by Gasteiger charge is -2.18. The van der Waals surface area contributed by atoms with Gasteiger partial charge in [0.2, 0.25) is 5.69 Å². The van der Waals surface area contributed by atoms with Crippen LogP contribution in [0.25, 0.3) is 27.9 Å². The second-order valence-electron chi connectivity index (χ2n) is 9.80. The normalized spacial score (nSPS) is 13.6. The molecule has 208 valence electrons. The second-order valence-corrected chi connectivity index (χ2v) is 10.2. The molecule has 1 amide bonds. The summed E-state index contributed by atoms with van der Waals surface area (Å²) in [5, 5.41) is 31.8. The average Bonchev–Trinajstić information content (AvgIpc) is 3.41. The minimum absolute atomic E-state index is 0.0841. The molecule has 1 N–H and O–H groups in total. The van der Waals surface area contributed by atoms with Crippen molar-refractivity contribution in [3.63, 3.8) is 0 Å². The quantitative estimate of drug-likeness (QED) is 0.200. The molecule has 1 atom stereocenters. The van der Waals surface area contributed by atoms with Gasteiger partial charge >= 0.3 is 6.09 Å². The number of amides is 1. The summed E-state index contributed by atoms with van der Waals surface area (Å²) >= 11 is 6.04. The molecule has 1 aliphatic rings. The first-order valence-electron chi connectivity index (χ1n) is 12.8. The van der Waals surface area contributed by atoms with E-state index in [4.69, 9.17) is 11.6 Å². The molecule has 1 unspecified atom stereocenters. The van der Waals surface area contributed by atoms with Crippen LogP contribution < -0.4 is 10.0 Å². The SMILES string of the molecule is COC(=O)Nc1ccc(-c2cnn(C(CC3CC3)c3ccc(-c4cc(F)c(Cl)cc4-n4cnnn4)c[n+]3[O-])c2)cc1. The summed E-state index contributed by atoms with van der Waals surface area (Å²) in [6.45, 7) is 0. The van der Waals surface area contributed by atoms with E-state index in [1.807, 2.05) is 23.0 Å². The standard InChI is InChI=1S/C28H24ClFN8O3/c1-41-28(39)33-21-7-4-18(5-8-21)20-13-32-36(14-20)27(10-17-2-3-17)25-9-6-19(15-38(25)40)22-11-24(30)23(29)12-26(22)37-16-31-34-35-37/h4-9,11-17,27H,2-3,10H2,1H3,(H,33,39). The maximum Gasteiger partial charge on any atom is 0.411 e. The van der Waals surface area contributed by atoms with Crippen LogP contribution in [-0.2, 0) is 4.74 Å². The number of halogens is 2. The van der Waals surface area contributed by atoms with Crippen LogP contribution in [0.4, 0.5) is 14.9 Å². The van der Waals surface area contributed by atoms with Crippen molar-refractivity contribution in [2.45, 2.75) is 25.3 Å². The Morgan fingerprint density at radius 2 is 1.98 bits per heavy atom. The smallest absolute Gasteiger partial charge is 0.411 e. The Morgan fingerprint density at radius 3 is 2.66 bits per heavy atom. The molecule has 0 aliphatic heterocycles. The van der Waals surface area contributed by atoms with Gasteiger partial charge in [-0.2, -0.15) is 14.5 Å². The predicted octanol–water partition coefficient (Wildman–Crippen LogP) is 5.19.